The summed E-state index contributed by atoms with van der Waals surface area (Å²) in [5, 5.41) is 4.37. The maximum absolute atomic E-state index is 6.20. The van der Waals surface area contributed by atoms with E-state index in [1.54, 1.807) is 12.4 Å². The van der Waals surface area contributed by atoms with E-state index in [2.05, 4.69) is 24.5 Å². The number of anilines is 2. The molecule has 0 spiro atoms. The number of rotatable bonds is 5. The van der Waals surface area contributed by atoms with Crippen LogP contribution >= 0.6 is 9.24 Å². The van der Waals surface area contributed by atoms with Gasteiger partial charge >= 0.3 is 0 Å². The quantitative estimate of drug-likeness (QED) is 0.480. The molecule has 1 fully saturated rings. The van der Waals surface area contributed by atoms with E-state index in [0.29, 0.717) is 23.6 Å². The number of hydrogen-bond acceptors (Lipinski definition) is 6. The first-order valence-electron chi connectivity index (χ1n) is 9.98. The van der Waals surface area contributed by atoms with Gasteiger partial charge in [-0.15, -0.1) is 9.24 Å². The summed E-state index contributed by atoms with van der Waals surface area (Å²) >= 11 is 0. The van der Waals surface area contributed by atoms with Crippen LogP contribution in [0.15, 0.2) is 42.7 Å². The molecule has 7 heteroatoms. The molecule has 1 aromatic carbocycles. The molecule has 3 aromatic rings. The maximum atomic E-state index is 6.20. The molecule has 1 aliphatic carbocycles. The lowest BCUT2D eigenvalue weighted by Crippen LogP contribution is -2.23. The third-order valence-corrected chi connectivity index (χ3v) is 5.59. The second-order valence-electron chi connectivity index (χ2n) is 7.46. The van der Waals surface area contributed by atoms with Crippen LogP contribution in [0, 0.1) is 6.92 Å². The van der Waals surface area contributed by atoms with Crippen molar-refractivity contribution in [2.24, 2.45) is 0 Å². The van der Waals surface area contributed by atoms with Crippen molar-refractivity contribution in [1.82, 2.24) is 15.0 Å². The van der Waals surface area contributed by atoms with Crippen molar-refractivity contribution in [2.75, 3.05) is 11.1 Å². The molecule has 1 unspecified atom stereocenters. The molecule has 1 atom stereocenters. The summed E-state index contributed by atoms with van der Waals surface area (Å²) in [4.78, 5) is 13.6. The molecule has 1 aliphatic rings. The Hall–Kier alpha value is -2.72. The molecule has 0 amide bonds. The average molecular weight is 407 g/mol. The van der Waals surface area contributed by atoms with Crippen LogP contribution in [0.3, 0.4) is 0 Å². The number of hydrogen-bond donors (Lipinski definition) is 2. The SMILES string of the molecule is Cc1cc(N)cc(P)c1Oc1ncccc1-c1ccnc(NC2CCCCC2)n1. The van der Waals surface area contributed by atoms with Gasteiger partial charge in [0, 0.05) is 29.4 Å². The lowest BCUT2D eigenvalue weighted by Gasteiger charge is -2.22. The standard InChI is InChI=1S/C22H26N5OP/c1-14-12-15(23)13-19(29)20(14)28-21-17(8-5-10-24-21)18-9-11-25-22(27-18)26-16-6-3-2-4-7-16/h5,8-13,16H,2-4,6-7,23,29H2,1H3,(H,25,26,27). The highest BCUT2D eigenvalue weighted by atomic mass is 31.0. The summed E-state index contributed by atoms with van der Waals surface area (Å²) in [6.45, 7) is 1.97. The molecule has 0 bridgehead atoms. The van der Waals surface area contributed by atoms with E-state index < -0.39 is 0 Å². The molecule has 0 radical (unpaired) electrons. The fourth-order valence-electron chi connectivity index (χ4n) is 3.74. The highest BCUT2D eigenvalue weighted by molar-refractivity contribution is 7.27. The topological polar surface area (TPSA) is 86.0 Å². The van der Waals surface area contributed by atoms with Crippen molar-refractivity contribution in [3.63, 3.8) is 0 Å². The van der Waals surface area contributed by atoms with Crippen molar-refractivity contribution in [3.05, 3.63) is 48.3 Å². The van der Waals surface area contributed by atoms with E-state index in [1.165, 1.54) is 32.1 Å². The Balaban J connectivity index is 1.62. The fourth-order valence-corrected chi connectivity index (χ4v) is 4.22. The van der Waals surface area contributed by atoms with Gasteiger partial charge in [0.05, 0.1) is 11.3 Å². The molecule has 2 heterocycles. The van der Waals surface area contributed by atoms with E-state index in [9.17, 15) is 0 Å². The number of nitrogens with one attached hydrogen (secondary N) is 1. The largest absolute Gasteiger partial charge is 0.437 e. The minimum absolute atomic E-state index is 0.445. The molecule has 3 N–H and O–H groups in total. The average Bonchev–Trinajstić information content (AvgIpc) is 2.72. The third kappa shape index (κ3) is 4.65. The van der Waals surface area contributed by atoms with E-state index in [0.717, 1.165) is 27.9 Å². The summed E-state index contributed by atoms with van der Waals surface area (Å²) < 4.78 is 6.20. The summed E-state index contributed by atoms with van der Waals surface area (Å²) in [6.07, 6.45) is 9.67. The van der Waals surface area contributed by atoms with Crippen molar-refractivity contribution in [3.8, 4) is 22.9 Å². The Labute approximate surface area is 173 Å². The van der Waals surface area contributed by atoms with Crippen molar-refractivity contribution >= 4 is 26.2 Å². The van der Waals surface area contributed by atoms with E-state index in [1.807, 2.05) is 37.3 Å². The zero-order valence-electron chi connectivity index (χ0n) is 16.6. The van der Waals surface area contributed by atoms with Gasteiger partial charge in [0.2, 0.25) is 11.8 Å². The molecule has 1 saturated carbocycles. The van der Waals surface area contributed by atoms with Gasteiger partial charge in [0.1, 0.15) is 5.75 Å². The Morgan fingerprint density at radius 1 is 1.10 bits per heavy atom. The number of aromatic nitrogens is 3. The zero-order chi connectivity index (χ0) is 20.2. The van der Waals surface area contributed by atoms with Crippen LogP contribution in [-0.4, -0.2) is 21.0 Å². The number of nitrogen functional groups attached to an aromatic ring is 1. The first kappa shape index (κ1) is 19.6. The molecular weight excluding hydrogens is 381 g/mol. The highest BCUT2D eigenvalue weighted by Crippen LogP contribution is 2.32. The van der Waals surface area contributed by atoms with Crippen LogP contribution in [-0.2, 0) is 0 Å². The lowest BCUT2D eigenvalue weighted by atomic mass is 9.96. The minimum atomic E-state index is 0.445. The van der Waals surface area contributed by atoms with Gasteiger partial charge in [-0.3, -0.25) is 0 Å². The molecule has 29 heavy (non-hydrogen) atoms. The molecule has 2 aromatic heterocycles. The van der Waals surface area contributed by atoms with Crippen LogP contribution in [0.5, 0.6) is 11.6 Å². The first-order chi connectivity index (χ1) is 14.1. The summed E-state index contributed by atoms with van der Waals surface area (Å²) in [6, 6.07) is 9.93. The Kier molecular flexibility index (Phi) is 5.91. The Bertz CT molecular complexity index is 981. The van der Waals surface area contributed by atoms with Crippen LogP contribution in [0.2, 0.25) is 0 Å². The minimum Gasteiger partial charge on any atom is -0.437 e. The van der Waals surface area contributed by atoms with Crippen LogP contribution < -0.4 is 21.1 Å². The van der Waals surface area contributed by atoms with E-state index in [-0.39, 0.29) is 0 Å². The number of pyridine rings is 1. The zero-order valence-corrected chi connectivity index (χ0v) is 17.7. The smallest absolute Gasteiger partial charge is 0.228 e. The maximum Gasteiger partial charge on any atom is 0.228 e. The predicted octanol–water partition coefficient (Wildman–Crippen LogP) is 4.47. The van der Waals surface area contributed by atoms with Crippen LogP contribution in [0.25, 0.3) is 11.3 Å². The lowest BCUT2D eigenvalue weighted by molar-refractivity contribution is 0.460. The summed E-state index contributed by atoms with van der Waals surface area (Å²) in [5.41, 5.74) is 9.18. The van der Waals surface area contributed by atoms with Gasteiger partial charge in [0.25, 0.3) is 0 Å². The normalized spacial score (nSPS) is 14.6. The fraction of sp³-hybridized carbons (Fsp3) is 0.318. The second kappa shape index (κ2) is 8.75. The van der Waals surface area contributed by atoms with E-state index in [4.69, 9.17) is 15.5 Å². The molecule has 4 rings (SSSR count). The molecule has 0 aliphatic heterocycles. The van der Waals surface area contributed by atoms with Gasteiger partial charge < -0.3 is 15.8 Å². The van der Waals surface area contributed by atoms with Crippen molar-refractivity contribution in [1.29, 1.82) is 0 Å². The van der Waals surface area contributed by atoms with E-state index >= 15 is 0 Å². The third-order valence-electron chi connectivity index (χ3n) is 5.17. The van der Waals surface area contributed by atoms with Gasteiger partial charge in [0.15, 0.2) is 0 Å². The van der Waals surface area contributed by atoms with Crippen LogP contribution in [0.1, 0.15) is 37.7 Å². The highest BCUT2D eigenvalue weighted by Gasteiger charge is 2.16. The number of aryl methyl sites for hydroxylation is 1. The molecule has 150 valence electrons. The van der Waals surface area contributed by atoms with Crippen molar-refractivity contribution < 1.29 is 4.74 Å². The number of nitrogens with two attached hydrogens (primary N) is 1. The number of nitrogens with zero attached hydrogens (tertiary/aromatic N) is 3. The Morgan fingerprint density at radius 3 is 2.72 bits per heavy atom. The van der Waals surface area contributed by atoms with Gasteiger partial charge in [-0.25, -0.2) is 15.0 Å². The van der Waals surface area contributed by atoms with Gasteiger partial charge in [-0.05, 0) is 55.7 Å². The molecule has 0 saturated heterocycles. The number of ether oxygens (including phenoxy) is 1. The monoisotopic (exact) mass is 407 g/mol. The molecule has 6 nitrogen and oxygen atoms in total. The summed E-state index contributed by atoms with van der Waals surface area (Å²) in [7, 11) is 2.67. The van der Waals surface area contributed by atoms with Crippen molar-refractivity contribution in [2.45, 2.75) is 45.1 Å². The van der Waals surface area contributed by atoms with Gasteiger partial charge in [-0.2, -0.15) is 0 Å². The first-order valence-corrected chi connectivity index (χ1v) is 10.6. The predicted molar refractivity (Wildman–Crippen MR) is 121 cm³/mol. The molecular formula is C22H26N5OP. The summed E-state index contributed by atoms with van der Waals surface area (Å²) in [5.74, 6) is 1.89. The second-order valence-corrected chi connectivity index (χ2v) is 8.08. The Morgan fingerprint density at radius 2 is 1.93 bits per heavy atom. The van der Waals surface area contributed by atoms with Crippen LogP contribution in [0.4, 0.5) is 11.6 Å². The number of benzene rings is 1. The van der Waals surface area contributed by atoms with Gasteiger partial charge in [-0.1, -0.05) is 19.3 Å².